The average molecular weight is 522 g/mol. The fourth-order valence-electron chi connectivity index (χ4n) is 4.37. The maximum absolute atomic E-state index is 11.9. The van der Waals surface area contributed by atoms with Crippen molar-refractivity contribution < 1.29 is 0 Å². The lowest BCUT2D eigenvalue weighted by molar-refractivity contribution is 0.234. The Morgan fingerprint density at radius 1 is 1.13 bits per heavy atom. The summed E-state index contributed by atoms with van der Waals surface area (Å²) in [6, 6.07) is 16.3. The van der Waals surface area contributed by atoms with E-state index in [2.05, 4.69) is 52.5 Å². The van der Waals surface area contributed by atoms with Crippen LogP contribution in [0.4, 0.5) is 0 Å². The monoisotopic (exact) mass is 522 g/mol. The third-order valence-electron chi connectivity index (χ3n) is 6.00. The zero-order chi connectivity index (χ0) is 20.6. The molecular weight excluding hydrogens is 487 g/mol. The topological polar surface area (TPSA) is 49.6 Å². The molecule has 1 fully saturated rings. The lowest BCUT2D eigenvalue weighted by Gasteiger charge is -2.39. The number of aryl methyl sites for hydroxylation is 1. The quantitative estimate of drug-likeness (QED) is 0.267. The van der Waals surface area contributed by atoms with Crippen LogP contribution < -0.4 is 10.9 Å². The molecule has 0 bridgehead atoms. The third kappa shape index (κ3) is 6.33. The molecule has 3 rings (SSSR count). The van der Waals surface area contributed by atoms with Gasteiger partial charge in [-0.25, -0.2) is 0 Å². The zero-order valence-corrected chi connectivity index (χ0v) is 20.7. The van der Waals surface area contributed by atoms with E-state index >= 15 is 0 Å². The molecule has 2 unspecified atom stereocenters. The number of pyridine rings is 1. The van der Waals surface area contributed by atoms with E-state index in [1.807, 2.05) is 30.7 Å². The highest BCUT2D eigenvalue weighted by atomic mass is 127. The number of unbranched alkanes of at least 4 members (excludes halogenated alkanes) is 1. The first-order valence-electron chi connectivity index (χ1n) is 10.8. The van der Waals surface area contributed by atoms with Gasteiger partial charge in [0.2, 0.25) is 0 Å². The Labute approximate surface area is 197 Å². The second-order valence-corrected chi connectivity index (χ2v) is 8.07. The van der Waals surface area contributed by atoms with Crippen molar-refractivity contribution in [1.82, 2.24) is 14.8 Å². The van der Waals surface area contributed by atoms with Crippen LogP contribution in [0, 0.1) is 12.8 Å². The fourth-order valence-corrected chi connectivity index (χ4v) is 4.37. The lowest BCUT2D eigenvalue weighted by atomic mass is 9.82. The summed E-state index contributed by atoms with van der Waals surface area (Å²) >= 11 is 0. The van der Waals surface area contributed by atoms with Gasteiger partial charge in [-0.05, 0) is 49.7 Å². The van der Waals surface area contributed by atoms with E-state index in [0.717, 1.165) is 57.1 Å². The highest BCUT2D eigenvalue weighted by Gasteiger charge is 2.28. The molecule has 2 heterocycles. The van der Waals surface area contributed by atoms with Crippen molar-refractivity contribution >= 4 is 29.9 Å². The molecule has 1 N–H and O–H groups in total. The van der Waals surface area contributed by atoms with Crippen LogP contribution in [0.15, 0.2) is 58.3 Å². The first kappa shape index (κ1) is 24.4. The Morgan fingerprint density at radius 2 is 1.90 bits per heavy atom. The summed E-state index contributed by atoms with van der Waals surface area (Å²) in [5.74, 6) is 2.21. The minimum absolute atomic E-state index is 0. The van der Waals surface area contributed by atoms with Gasteiger partial charge in [0.25, 0.3) is 5.56 Å². The Kier molecular flexibility index (Phi) is 9.88. The van der Waals surface area contributed by atoms with E-state index < -0.39 is 0 Å². The second-order valence-electron chi connectivity index (χ2n) is 8.07. The van der Waals surface area contributed by atoms with Gasteiger partial charge in [-0.2, -0.15) is 0 Å². The zero-order valence-electron chi connectivity index (χ0n) is 18.4. The smallest absolute Gasteiger partial charge is 0.250 e. The molecule has 0 aliphatic carbocycles. The Balaban J connectivity index is 0.00000320. The number of benzene rings is 1. The Bertz CT molecular complexity index is 865. The van der Waals surface area contributed by atoms with E-state index in [1.165, 1.54) is 5.56 Å². The van der Waals surface area contributed by atoms with Crippen LogP contribution in [0.1, 0.15) is 43.4 Å². The van der Waals surface area contributed by atoms with Crippen molar-refractivity contribution in [3.05, 3.63) is 70.1 Å². The SMILES string of the molecule is CN=C(NCCCCn1c(C)cccc1=O)N1CCC(c2ccccc2)C(C)C1.I. The molecule has 1 aromatic carbocycles. The van der Waals surface area contributed by atoms with Gasteiger partial charge in [-0.15, -0.1) is 24.0 Å². The van der Waals surface area contributed by atoms with Gasteiger partial charge in [0.15, 0.2) is 5.96 Å². The minimum atomic E-state index is 0. The van der Waals surface area contributed by atoms with Gasteiger partial charge < -0.3 is 14.8 Å². The minimum Gasteiger partial charge on any atom is -0.356 e. The molecule has 5 nitrogen and oxygen atoms in total. The third-order valence-corrected chi connectivity index (χ3v) is 6.00. The molecule has 30 heavy (non-hydrogen) atoms. The molecular formula is C24H35IN4O. The van der Waals surface area contributed by atoms with Crippen molar-refractivity contribution in [3.8, 4) is 0 Å². The molecule has 0 radical (unpaired) electrons. The van der Waals surface area contributed by atoms with Crippen LogP contribution in [0.2, 0.25) is 0 Å². The number of aromatic nitrogens is 1. The summed E-state index contributed by atoms with van der Waals surface area (Å²) in [5, 5.41) is 3.52. The second kappa shape index (κ2) is 12.1. The van der Waals surface area contributed by atoms with Gasteiger partial charge in [0.1, 0.15) is 0 Å². The summed E-state index contributed by atoms with van der Waals surface area (Å²) in [5.41, 5.74) is 2.56. The number of halogens is 1. The maximum atomic E-state index is 11.9. The van der Waals surface area contributed by atoms with Crippen molar-refractivity contribution in [3.63, 3.8) is 0 Å². The number of piperidine rings is 1. The molecule has 1 saturated heterocycles. The van der Waals surface area contributed by atoms with Crippen molar-refractivity contribution in [2.24, 2.45) is 10.9 Å². The molecule has 0 spiro atoms. The molecule has 6 heteroatoms. The van der Waals surface area contributed by atoms with Crippen LogP contribution in [0.3, 0.4) is 0 Å². The largest absolute Gasteiger partial charge is 0.356 e. The predicted octanol–water partition coefficient (Wildman–Crippen LogP) is 4.26. The first-order chi connectivity index (χ1) is 14.1. The molecule has 2 aromatic rings. The Hall–Kier alpha value is -1.83. The van der Waals surface area contributed by atoms with Crippen LogP contribution in [0.5, 0.6) is 0 Å². The summed E-state index contributed by atoms with van der Waals surface area (Å²) in [6.45, 7) is 8.03. The number of nitrogens with zero attached hydrogens (tertiary/aromatic N) is 3. The summed E-state index contributed by atoms with van der Waals surface area (Å²) in [4.78, 5) is 18.8. The van der Waals surface area contributed by atoms with Crippen LogP contribution in [-0.2, 0) is 6.54 Å². The molecule has 0 amide bonds. The van der Waals surface area contributed by atoms with Crippen LogP contribution >= 0.6 is 24.0 Å². The number of nitrogens with one attached hydrogen (secondary N) is 1. The summed E-state index contributed by atoms with van der Waals surface area (Å²) < 4.78 is 1.85. The van der Waals surface area contributed by atoms with Gasteiger partial charge in [-0.3, -0.25) is 9.79 Å². The van der Waals surface area contributed by atoms with Crippen molar-refractivity contribution in [2.45, 2.75) is 45.6 Å². The summed E-state index contributed by atoms with van der Waals surface area (Å²) in [6.07, 6.45) is 3.14. The number of hydrogen-bond acceptors (Lipinski definition) is 2. The predicted molar refractivity (Wildman–Crippen MR) is 136 cm³/mol. The number of aliphatic imine (C=N–C) groups is 1. The molecule has 1 aromatic heterocycles. The number of hydrogen-bond donors (Lipinski definition) is 1. The highest BCUT2D eigenvalue weighted by Crippen LogP contribution is 2.32. The first-order valence-corrected chi connectivity index (χ1v) is 10.8. The number of guanidine groups is 1. The van der Waals surface area contributed by atoms with Crippen LogP contribution in [-0.4, -0.2) is 42.1 Å². The molecule has 1 aliphatic heterocycles. The van der Waals surface area contributed by atoms with Crippen LogP contribution in [0.25, 0.3) is 0 Å². The van der Waals surface area contributed by atoms with Crippen molar-refractivity contribution in [2.75, 3.05) is 26.7 Å². The molecule has 2 atom stereocenters. The van der Waals surface area contributed by atoms with Crippen molar-refractivity contribution in [1.29, 1.82) is 0 Å². The maximum Gasteiger partial charge on any atom is 0.250 e. The van der Waals surface area contributed by atoms with Gasteiger partial charge in [0, 0.05) is 45.0 Å². The number of likely N-dealkylation sites (tertiary alicyclic amines) is 1. The van der Waals surface area contributed by atoms with Gasteiger partial charge in [-0.1, -0.05) is 43.3 Å². The normalized spacial score (nSPS) is 19.3. The van der Waals surface area contributed by atoms with Gasteiger partial charge in [0.05, 0.1) is 0 Å². The molecule has 1 aliphatic rings. The van der Waals surface area contributed by atoms with E-state index in [-0.39, 0.29) is 29.5 Å². The highest BCUT2D eigenvalue weighted by molar-refractivity contribution is 14.0. The lowest BCUT2D eigenvalue weighted by Crippen LogP contribution is -2.48. The molecule has 164 valence electrons. The van der Waals surface area contributed by atoms with Gasteiger partial charge >= 0.3 is 0 Å². The van der Waals surface area contributed by atoms with E-state index in [9.17, 15) is 4.79 Å². The average Bonchev–Trinajstić information content (AvgIpc) is 2.73. The molecule has 0 saturated carbocycles. The Morgan fingerprint density at radius 3 is 2.57 bits per heavy atom. The van der Waals surface area contributed by atoms with E-state index in [0.29, 0.717) is 11.8 Å². The summed E-state index contributed by atoms with van der Waals surface area (Å²) in [7, 11) is 1.86. The standard InChI is InChI=1S/C24H34N4O.HI/c1-19-18-27(17-14-22(19)21-11-5-4-6-12-21)24(25-3)26-15-7-8-16-28-20(2)10-9-13-23(28)29;/h4-6,9-13,19,22H,7-8,14-18H2,1-3H3,(H,25,26);1H. The fraction of sp³-hybridized carbons (Fsp3) is 0.500. The van der Waals surface area contributed by atoms with E-state index in [4.69, 9.17) is 0 Å². The van der Waals surface area contributed by atoms with E-state index in [1.54, 1.807) is 6.07 Å². The number of rotatable bonds is 6.